The van der Waals surface area contributed by atoms with E-state index in [0.717, 1.165) is 25.3 Å². The summed E-state index contributed by atoms with van der Waals surface area (Å²) in [5.74, 6) is 0.194. The van der Waals surface area contributed by atoms with Crippen LogP contribution in [-0.4, -0.2) is 17.0 Å². The molecule has 0 aliphatic heterocycles. The smallest absolute Gasteiger partial charge is 0.273 e. The van der Waals surface area contributed by atoms with E-state index in [1.165, 1.54) is 12.3 Å². The van der Waals surface area contributed by atoms with Gasteiger partial charge in [0.1, 0.15) is 12.4 Å². The molecule has 176 valence electrons. The van der Waals surface area contributed by atoms with Crippen LogP contribution in [0.2, 0.25) is 0 Å². The Morgan fingerprint density at radius 1 is 0.971 bits per heavy atom. The van der Waals surface area contributed by atoms with Crippen molar-refractivity contribution in [2.75, 3.05) is 0 Å². The molecule has 1 amide bonds. The molecule has 0 fully saturated rings. The van der Waals surface area contributed by atoms with Crippen molar-refractivity contribution in [3.63, 3.8) is 0 Å². The predicted molar refractivity (Wildman–Crippen MR) is 143 cm³/mol. The predicted octanol–water partition coefficient (Wildman–Crippen LogP) is 6.54. The Morgan fingerprint density at radius 3 is 2.40 bits per heavy atom. The van der Waals surface area contributed by atoms with Gasteiger partial charge in [-0.15, -0.1) is 0 Å². The molecule has 0 bridgehead atoms. The van der Waals surface area contributed by atoms with Crippen molar-refractivity contribution in [2.24, 2.45) is 5.10 Å². The number of rotatable bonds is 8. The zero-order valence-corrected chi connectivity index (χ0v) is 21.5. The summed E-state index contributed by atoms with van der Waals surface area (Å²) in [4.78, 5) is 22.8. The number of hydrogen-bond donors (Lipinski definition) is 1. The summed E-state index contributed by atoms with van der Waals surface area (Å²) in [5.41, 5.74) is 4.43. The van der Waals surface area contributed by atoms with Crippen molar-refractivity contribution in [2.45, 2.75) is 13.0 Å². The molecule has 0 unspecified atom stereocenters. The van der Waals surface area contributed by atoms with Crippen LogP contribution in [0.4, 0.5) is 5.69 Å². The van der Waals surface area contributed by atoms with Crippen LogP contribution in [-0.2, 0) is 17.8 Å². The second kappa shape index (κ2) is 11.2. The standard InChI is InChI=1S/C26H19Br2N3O4/c27-22-12-17(15-29-30-25(32)14-19-7-2-4-11-24(19)31(33)34)13-23(28)26(22)35-16-20-9-5-8-18-6-1-3-10-21(18)20/h1-13,15H,14,16H2,(H,30,32)/b29-15+. The molecule has 1 N–H and O–H groups in total. The third kappa shape index (κ3) is 6.12. The molecule has 0 spiro atoms. The first-order valence-electron chi connectivity index (χ1n) is 10.5. The summed E-state index contributed by atoms with van der Waals surface area (Å²) in [5, 5.41) is 17.4. The maximum absolute atomic E-state index is 12.2. The molecule has 7 nitrogen and oxygen atoms in total. The second-order valence-corrected chi connectivity index (χ2v) is 9.31. The first-order valence-corrected chi connectivity index (χ1v) is 12.1. The van der Waals surface area contributed by atoms with Gasteiger partial charge in [-0.3, -0.25) is 14.9 Å². The molecule has 0 heterocycles. The van der Waals surface area contributed by atoms with Crippen molar-refractivity contribution in [3.8, 4) is 5.75 Å². The molecular weight excluding hydrogens is 578 g/mol. The Bertz CT molecular complexity index is 1410. The first-order chi connectivity index (χ1) is 16.9. The number of ether oxygens (including phenoxy) is 1. The van der Waals surface area contributed by atoms with E-state index < -0.39 is 10.8 Å². The van der Waals surface area contributed by atoms with Crippen LogP contribution in [0.5, 0.6) is 5.75 Å². The largest absolute Gasteiger partial charge is 0.487 e. The van der Waals surface area contributed by atoms with Gasteiger partial charge in [-0.05, 0) is 65.9 Å². The number of para-hydroxylation sites is 1. The molecular formula is C26H19Br2N3O4. The quantitative estimate of drug-likeness (QED) is 0.142. The Kier molecular flexibility index (Phi) is 7.89. The highest BCUT2D eigenvalue weighted by molar-refractivity contribution is 9.11. The van der Waals surface area contributed by atoms with E-state index in [1.54, 1.807) is 18.2 Å². The number of hydrogen-bond acceptors (Lipinski definition) is 5. The van der Waals surface area contributed by atoms with Gasteiger partial charge in [0.05, 0.1) is 26.5 Å². The number of benzene rings is 4. The van der Waals surface area contributed by atoms with Crippen LogP contribution in [0, 0.1) is 10.1 Å². The number of carbonyl (C=O) groups excluding carboxylic acids is 1. The fourth-order valence-corrected chi connectivity index (χ4v) is 5.04. The highest BCUT2D eigenvalue weighted by atomic mass is 79.9. The van der Waals surface area contributed by atoms with Crippen LogP contribution >= 0.6 is 31.9 Å². The van der Waals surface area contributed by atoms with Crippen LogP contribution < -0.4 is 10.2 Å². The molecule has 35 heavy (non-hydrogen) atoms. The summed E-state index contributed by atoms with van der Waals surface area (Å²) in [7, 11) is 0. The number of nitro benzene ring substituents is 1. The van der Waals surface area contributed by atoms with E-state index in [1.807, 2.05) is 36.4 Å². The molecule has 4 rings (SSSR count). The van der Waals surface area contributed by atoms with Crippen LogP contribution in [0.25, 0.3) is 10.8 Å². The number of hydrazone groups is 1. The normalized spacial score (nSPS) is 11.0. The SMILES string of the molecule is O=C(Cc1ccccc1[N+](=O)[O-])N/N=C/c1cc(Br)c(OCc2cccc3ccccc23)c(Br)c1. The Morgan fingerprint density at radius 2 is 1.63 bits per heavy atom. The Labute approximate surface area is 218 Å². The number of amides is 1. The summed E-state index contributed by atoms with van der Waals surface area (Å²) in [6.45, 7) is 0.396. The number of carbonyl (C=O) groups is 1. The minimum absolute atomic E-state index is 0.0985. The fraction of sp³-hybridized carbons (Fsp3) is 0.0769. The van der Waals surface area contributed by atoms with Crippen molar-refractivity contribution in [3.05, 3.63) is 115 Å². The van der Waals surface area contributed by atoms with Crippen LogP contribution in [0.1, 0.15) is 16.7 Å². The molecule has 0 aromatic heterocycles. The summed E-state index contributed by atoms with van der Waals surface area (Å²) in [6.07, 6.45) is 1.34. The summed E-state index contributed by atoms with van der Waals surface area (Å²) in [6, 6.07) is 24.0. The molecule has 4 aromatic rings. The van der Waals surface area contributed by atoms with Gasteiger partial charge in [0, 0.05) is 11.6 Å². The van der Waals surface area contributed by atoms with E-state index in [9.17, 15) is 14.9 Å². The molecule has 0 aliphatic carbocycles. The Hall–Kier alpha value is -3.56. The third-order valence-corrected chi connectivity index (χ3v) is 6.39. The van der Waals surface area contributed by atoms with Crippen LogP contribution in [0.3, 0.4) is 0 Å². The van der Waals surface area contributed by atoms with Gasteiger partial charge >= 0.3 is 0 Å². The maximum Gasteiger partial charge on any atom is 0.273 e. The van der Waals surface area contributed by atoms with Crippen molar-refractivity contribution >= 4 is 60.4 Å². The van der Waals surface area contributed by atoms with Gasteiger partial charge < -0.3 is 4.74 Å². The second-order valence-electron chi connectivity index (χ2n) is 7.60. The van der Waals surface area contributed by atoms with E-state index in [-0.39, 0.29) is 12.1 Å². The lowest BCUT2D eigenvalue weighted by molar-refractivity contribution is -0.385. The van der Waals surface area contributed by atoms with E-state index in [4.69, 9.17) is 4.74 Å². The number of nitro groups is 1. The van der Waals surface area contributed by atoms with E-state index in [2.05, 4.69) is 60.6 Å². The minimum atomic E-state index is -0.509. The van der Waals surface area contributed by atoms with Gasteiger partial charge in [0.25, 0.3) is 5.69 Å². The minimum Gasteiger partial charge on any atom is -0.487 e. The van der Waals surface area contributed by atoms with E-state index >= 15 is 0 Å². The zero-order valence-electron chi connectivity index (χ0n) is 18.3. The summed E-state index contributed by atoms with van der Waals surface area (Å²) < 4.78 is 7.54. The molecule has 0 saturated heterocycles. The monoisotopic (exact) mass is 595 g/mol. The van der Waals surface area contributed by atoms with Gasteiger partial charge in [0.2, 0.25) is 5.91 Å². The van der Waals surface area contributed by atoms with Crippen molar-refractivity contribution < 1.29 is 14.5 Å². The van der Waals surface area contributed by atoms with Crippen LogP contribution in [0.15, 0.2) is 92.9 Å². The number of nitrogens with zero attached hydrogens (tertiary/aromatic N) is 2. The molecule has 0 atom stereocenters. The topological polar surface area (TPSA) is 93.8 Å². The highest BCUT2D eigenvalue weighted by Gasteiger charge is 2.15. The molecule has 4 aromatic carbocycles. The van der Waals surface area contributed by atoms with E-state index in [0.29, 0.717) is 23.5 Å². The lowest BCUT2D eigenvalue weighted by Gasteiger charge is -2.13. The number of halogens is 2. The van der Waals surface area contributed by atoms with Crippen molar-refractivity contribution in [1.82, 2.24) is 5.43 Å². The lowest BCUT2D eigenvalue weighted by Crippen LogP contribution is -2.20. The van der Waals surface area contributed by atoms with Gasteiger partial charge in [-0.2, -0.15) is 5.10 Å². The number of nitrogens with one attached hydrogen (secondary N) is 1. The van der Waals surface area contributed by atoms with Gasteiger partial charge in [0.15, 0.2) is 0 Å². The Balaban J connectivity index is 1.40. The van der Waals surface area contributed by atoms with Gasteiger partial charge in [-0.1, -0.05) is 60.7 Å². The fourth-order valence-electron chi connectivity index (χ4n) is 3.59. The molecule has 0 saturated carbocycles. The third-order valence-electron chi connectivity index (χ3n) is 5.21. The lowest BCUT2D eigenvalue weighted by atomic mass is 10.1. The maximum atomic E-state index is 12.2. The highest BCUT2D eigenvalue weighted by Crippen LogP contribution is 2.35. The first kappa shape index (κ1) is 24.6. The molecule has 0 radical (unpaired) electrons. The van der Waals surface area contributed by atoms with Crippen molar-refractivity contribution in [1.29, 1.82) is 0 Å². The zero-order chi connectivity index (χ0) is 24.8. The average Bonchev–Trinajstić information content (AvgIpc) is 2.84. The van der Waals surface area contributed by atoms with Gasteiger partial charge in [-0.25, -0.2) is 5.43 Å². The summed E-state index contributed by atoms with van der Waals surface area (Å²) >= 11 is 7.08. The average molecular weight is 597 g/mol. The molecule has 9 heteroatoms. The molecule has 0 aliphatic rings. The number of fused-ring (bicyclic) bond motifs is 1.